The minimum absolute atomic E-state index is 0.528. The largest absolute Gasteiger partial charge is 0.444 e. The Morgan fingerprint density at radius 1 is 1.38 bits per heavy atom. The van der Waals surface area contributed by atoms with Gasteiger partial charge in [-0.1, -0.05) is 19.8 Å². The van der Waals surface area contributed by atoms with E-state index in [1.807, 2.05) is 6.92 Å². The average Bonchev–Trinajstić information content (AvgIpc) is 2.08. The van der Waals surface area contributed by atoms with Crippen LogP contribution in [0.1, 0.15) is 47.0 Å². The van der Waals surface area contributed by atoms with Crippen molar-refractivity contribution in [3.63, 3.8) is 0 Å². The van der Waals surface area contributed by atoms with Crippen molar-refractivity contribution in [3.8, 4) is 0 Å². The molecule has 0 aliphatic heterocycles. The fourth-order valence-corrected chi connectivity index (χ4v) is 1.14. The van der Waals surface area contributed by atoms with Gasteiger partial charge in [0.05, 0.1) is 0 Å². The van der Waals surface area contributed by atoms with Gasteiger partial charge in [0.25, 0.3) is 0 Å². The summed E-state index contributed by atoms with van der Waals surface area (Å²) in [6.45, 7) is 7.29. The molecule has 0 aromatic heterocycles. The standard InChI is InChI=1S/C11H22N2O3/c1-5-6-7-8(9(12)14)13-10(15)16-11(2,3)4/h8H,5-7H2,1-4H3,(H2,12,14)(H,13,15)/t8-/m1/s1. The number of primary amides is 1. The molecule has 0 bridgehead atoms. The normalized spacial score (nSPS) is 13.0. The second-order valence-corrected chi connectivity index (χ2v) is 4.74. The van der Waals surface area contributed by atoms with E-state index in [9.17, 15) is 9.59 Å². The van der Waals surface area contributed by atoms with Gasteiger partial charge in [-0.3, -0.25) is 4.79 Å². The number of alkyl carbamates (subject to hydrolysis) is 1. The Morgan fingerprint density at radius 3 is 2.31 bits per heavy atom. The lowest BCUT2D eigenvalue weighted by molar-refractivity contribution is -0.120. The molecule has 0 saturated carbocycles. The smallest absolute Gasteiger partial charge is 0.408 e. The summed E-state index contributed by atoms with van der Waals surface area (Å²) in [5.74, 6) is -0.528. The van der Waals surface area contributed by atoms with Crippen molar-refractivity contribution in [3.05, 3.63) is 0 Å². The molecule has 94 valence electrons. The van der Waals surface area contributed by atoms with E-state index in [1.54, 1.807) is 20.8 Å². The predicted molar refractivity (Wildman–Crippen MR) is 61.9 cm³/mol. The topological polar surface area (TPSA) is 81.4 Å². The molecule has 0 aromatic carbocycles. The Hall–Kier alpha value is -1.26. The quantitative estimate of drug-likeness (QED) is 0.752. The first-order valence-electron chi connectivity index (χ1n) is 5.55. The number of nitrogens with one attached hydrogen (secondary N) is 1. The summed E-state index contributed by atoms with van der Waals surface area (Å²) >= 11 is 0. The molecule has 16 heavy (non-hydrogen) atoms. The van der Waals surface area contributed by atoms with Gasteiger partial charge in [0.1, 0.15) is 11.6 Å². The Labute approximate surface area is 96.7 Å². The fraction of sp³-hybridized carbons (Fsp3) is 0.818. The third-order valence-corrected chi connectivity index (χ3v) is 1.88. The SMILES string of the molecule is CCCC[C@@H](NC(=O)OC(C)(C)C)C(N)=O. The van der Waals surface area contributed by atoms with E-state index in [1.165, 1.54) is 0 Å². The summed E-state index contributed by atoms with van der Waals surface area (Å²) in [5, 5.41) is 2.47. The van der Waals surface area contributed by atoms with Crippen molar-refractivity contribution >= 4 is 12.0 Å². The zero-order valence-electron chi connectivity index (χ0n) is 10.5. The van der Waals surface area contributed by atoms with Gasteiger partial charge in [-0.15, -0.1) is 0 Å². The van der Waals surface area contributed by atoms with Gasteiger partial charge in [0.15, 0.2) is 0 Å². The first kappa shape index (κ1) is 14.7. The molecule has 0 unspecified atom stereocenters. The maximum Gasteiger partial charge on any atom is 0.408 e. The zero-order valence-corrected chi connectivity index (χ0v) is 10.5. The molecular weight excluding hydrogens is 208 g/mol. The fourth-order valence-electron chi connectivity index (χ4n) is 1.14. The van der Waals surface area contributed by atoms with Gasteiger partial charge in [0.2, 0.25) is 5.91 Å². The highest BCUT2D eigenvalue weighted by atomic mass is 16.6. The third-order valence-electron chi connectivity index (χ3n) is 1.88. The Kier molecular flexibility index (Phi) is 5.85. The van der Waals surface area contributed by atoms with Crippen molar-refractivity contribution in [1.29, 1.82) is 0 Å². The van der Waals surface area contributed by atoms with Crippen LogP contribution in [0, 0.1) is 0 Å². The number of amides is 2. The van der Waals surface area contributed by atoms with Gasteiger partial charge in [-0.25, -0.2) is 4.79 Å². The van der Waals surface area contributed by atoms with Crippen LogP contribution < -0.4 is 11.1 Å². The molecule has 0 rings (SSSR count). The molecule has 1 atom stereocenters. The van der Waals surface area contributed by atoms with Gasteiger partial charge in [-0.05, 0) is 27.2 Å². The van der Waals surface area contributed by atoms with Crippen LogP contribution in [0.25, 0.3) is 0 Å². The van der Waals surface area contributed by atoms with E-state index >= 15 is 0 Å². The molecule has 0 spiro atoms. The van der Waals surface area contributed by atoms with Crippen LogP contribution in [0.3, 0.4) is 0 Å². The predicted octanol–water partition coefficient (Wildman–Crippen LogP) is 1.56. The van der Waals surface area contributed by atoms with Crippen LogP contribution in [-0.4, -0.2) is 23.6 Å². The highest BCUT2D eigenvalue weighted by Crippen LogP contribution is 2.08. The number of nitrogens with two attached hydrogens (primary N) is 1. The van der Waals surface area contributed by atoms with Crippen molar-refractivity contribution in [1.82, 2.24) is 5.32 Å². The van der Waals surface area contributed by atoms with E-state index in [0.29, 0.717) is 6.42 Å². The molecule has 0 fully saturated rings. The summed E-state index contributed by atoms with van der Waals surface area (Å²) < 4.78 is 5.04. The zero-order chi connectivity index (χ0) is 12.8. The first-order valence-corrected chi connectivity index (χ1v) is 5.55. The molecule has 0 aliphatic rings. The number of hydrogen-bond donors (Lipinski definition) is 2. The molecule has 0 saturated heterocycles. The van der Waals surface area contributed by atoms with Crippen LogP contribution in [-0.2, 0) is 9.53 Å². The maximum atomic E-state index is 11.4. The number of carbonyl (C=O) groups excluding carboxylic acids is 2. The maximum absolute atomic E-state index is 11.4. The van der Waals surface area contributed by atoms with Crippen LogP contribution in [0.5, 0.6) is 0 Å². The summed E-state index contributed by atoms with van der Waals surface area (Å²) in [6, 6.07) is -0.644. The van der Waals surface area contributed by atoms with E-state index in [4.69, 9.17) is 10.5 Å². The van der Waals surface area contributed by atoms with Gasteiger partial charge in [0, 0.05) is 0 Å². The highest BCUT2D eigenvalue weighted by Gasteiger charge is 2.21. The Morgan fingerprint density at radius 2 is 1.94 bits per heavy atom. The van der Waals surface area contributed by atoms with Crippen LogP contribution in [0.15, 0.2) is 0 Å². The molecule has 0 aromatic rings. The van der Waals surface area contributed by atoms with Crippen molar-refractivity contribution < 1.29 is 14.3 Å². The molecular formula is C11H22N2O3. The minimum Gasteiger partial charge on any atom is -0.444 e. The lowest BCUT2D eigenvalue weighted by Gasteiger charge is -2.22. The van der Waals surface area contributed by atoms with Crippen molar-refractivity contribution in [2.75, 3.05) is 0 Å². The van der Waals surface area contributed by atoms with Crippen LogP contribution >= 0.6 is 0 Å². The van der Waals surface area contributed by atoms with E-state index < -0.39 is 23.6 Å². The lowest BCUT2D eigenvalue weighted by Crippen LogP contribution is -2.46. The van der Waals surface area contributed by atoms with Crippen molar-refractivity contribution in [2.24, 2.45) is 5.73 Å². The molecule has 5 heteroatoms. The second-order valence-electron chi connectivity index (χ2n) is 4.74. The Balaban J connectivity index is 4.19. The van der Waals surface area contributed by atoms with Crippen LogP contribution in [0.2, 0.25) is 0 Å². The summed E-state index contributed by atoms with van der Waals surface area (Å²) in [7, 11) is 0. The molecule has 0 aliphatic carbocycles. The number of unbranched alkanes of at least 4 members (excludes halogenated alkanes) is 1. The summed E-state index contributed by atoms with van der Waals surface area (Å²) in [5.41, 5.74) is 4.61. The Bertz CT molecular complexity index is 246. The number of ether oxygens (including phenoxy) is 1. The molecule has 5 nitrogen and oxygen atoms in total. The van der Waals surface area contributed by atoms with Gasteiger partial charge >= 0.3 is 6.09 Å². The minimum atomic E-state index is -0.644. The number of rotatable bonds is 5. The lowest BCUT2D eigenvalue weighted by atomic mass is 10.1. The molecule has 0 heterocycles. The third kappa shape index (κ3) is 7.09. The summed E-state index contributed by atoms with van der Waals surface area (Å²) in [6.07, 6.45) is 1.72. The van der Waals surface area contributed by atoms with E-state index in [0.717, 1.165) is 12.8 Å². The number of hydrogen-bond acceptors (Lipinski definition) is 3. The van der Waals surface area contributed by atoms with E-state index in [-0.39, 0.29) is 0 Å². The summed E-state index contributed by atoms with van der Waals surface area (Å²) in [4.78, 5) is 22.5. The second kappa shape index (κ2) is 6.35. The number of carbonyl (C=O) groups is 2. The average molecular weight is 230 g/mol. The molecule has 3 N–H and O–H groups in total. The molecule has 0 radical (unpaired) electrons. The van der Waals surface area contributed by atoms with Crippen molar-refractivity contribution in [2.45, 2.75) is 58.6 Å². The monoisotopic (exact) mass is 230 g/mol. The van der Waals surface area contributed by atoms with Gasteiger partial charge in [-0.2, -0.15) is 0 Å². The highest BCUT2D eigenvalue weighted by molar-refractivity contribution is 5.84. The first-order chi connectivity index (χ1) is 7.26. The van der Waals surface area contributed by atoms with E-state index in [2.05, 4.69) is 5.32 Å². The van der Waals surface area contributed by atoms with Gasteiger partial charge < -0.3 is 15.8 Å². The van der Waals surface area contributed by atoms with Crippen LogP contribution in [0.4, 0.5) is 4.79 Å². The molecule has 2 amide bonds.